The van der Waals surface area contributed by atoms with E-state index in [-0.39, 0.29) is 24.0 Å². The van der Waals surface area contributed by atoms with Crippen LogP contribution in [-0.4, -0.2) is 44.4 Å². The molecule has 2 aromatic rings. The van der Waals surface area contributed by atoms with Crippen LogP contribution in [0.5, 0.6) is 5.75 Å². The Balaban J connectivity index is 0.00000392. The largest absolute Gasteiger partial charge is 0.497 e. The third kappa shape index (κ3) is 9.70. The summed E-state index contributed by atoms with van der Waals surface area (Å²) >= 11 is 1.69. The summed E-state index contributed by atoms with van der Waals surface area (Å²) in [4.78, 5) is 9.20. The van der Waals surface area contributed by atoms with Gasteiger partial charge in [0.2, 0.25) is 0 Å². The van der Waals surface area contributed by atoms with Crippen LogP contribution in [0.15, 0.2) is 34.6 Å². The van der Waals surface area contributed by atoms with Crippen molar-refractivity contribution in [3.63, 3.8) is 0 Å². The SMILES string of the molecule is CCOCCCNC(=NCc1ccc(OC)cc1)NCCc1csc(C)n1.I. The number of hydrogen-bond acceptors (Lipinski definition) is 5. The Hall–Kier alpha value is -1.39. The van der Waals surface area contributed by atoms with Crippen molar-refractivity contribution in [2.75, 3.05) is 33.4 Å². The molecule has 0 fully saturated rings. The van der Waals surface area contributed by atoms with E-state index in [1.807, 2.05) is 38.1 Å². The van der Waals surface area contributed by atoms with E-state index in [2.05, 4.69) is 21.0 Å². The Morgan fingerprint density at radius 3 is 2.57 bits per heavy atom. The topological polar surface area (TPSA) is 67.8 Å². The number of nitrogens with zero attached hydrogens (tertiary/aromatic N) is 2. The Kier molecular flexibility index (Phi) is 12.8. The number of methoxy groups -OCH3 is 1. The molecule has 156 valence electrons. The zero-order valence-corrected chi connectivity index (χ0v) is 20.0. The quantitative estimate of drug-likeness (QED) is 0.205. The van der Waals surface area contributed by atoms with Crippen LogP contribution in [0, 0.1) is 6.92 Å². The highest BCUT2D eigenvalue weighted by Gasteiger charge is 2.02. The molecule has 0 bridgehead atoms. The molecule has 2 N–H and O–H groups in total. The summed E-state index contributed by atoms with van der Waals surface area (Å²) < 4.78 is 10.6. The third-order valence-corrected chi connectivity index (χ3v) is 4.70. The van der Waals surface area contributed by atoms with Gasteiger partial charge in [0, 0.05) is 38.1 Å². The molecule has 0 amide bonds. The van der Waals surface area contributed by atoms with Crippen molar-refractivity contribution in [2.45, 2.75) is 33.2 Å². The fourth-order valence-electron chi connectivity index (χ4n) is 2.43. The van der Waals surface area contributed by atoms with Crippen molar-refractivity contribution >= 4 is 41.3 Å². The van der Waals surface area contributed by atoms with Gasteiger partial charge in [-0.1, -0.05) is 12.1 Å². The van der Waals surface area contributed by atoms with Crippen molar-refractivity contribution in [3.8, 4) is 5.75 Å². The van der Waals surface area contributed by atoms with Crippen LogP contribution in [0.1, 0.15) is 29.6 Å². The van der Waals surface area contributed by atoms with Crippen molar-refractivity contribution < 1.29 is 9.47 Å². The number of rotatable bonds is 11. The summed E-state index contributed by atoms with van der Waals surface area (Å²) in [6, 6.07) is 7.98. The van der Waals surface area contributed by atoms with Gasteiger partial charge in [0.1, 0.15) is 5.75 Å². The van der Waals surface area contributed by atoms with E-state index in [9.17, 15) is 0 Å². The third-order valence-electron chi connectivity index (χ3n) is 3.88. The maximum absolute atomic E-state index is 5.39. The molecule has 0 saturated carbocycles. The van der Waals surface area contributed by atoms with E-state index in [0.717, 1.165) is 67.1 Å². The molecule has 28 heavy (non-hydrogen) atoms. The molecule has 2 rings (SSSR count). The maximum atomic E-state index is 5.39. The standard InChI is InChI=1S/C20H30N4O2S.HI/c1-4-26-13-5-11-21-20(22-12-10-18-15-27-16(2)24-18)23-14-17-6-8-19(25-3)9-7-17;/h6-9,15H,4-5,10-14H2,1-3H3,(H2,21,22,23);1H. The van der Waals surface area contributed by atoms with Crippen LogP contribution in [0.4, 0.5) is 0 Å². The first-order chi connectivity index (χ1) is 13.2. The average molecular weight is 518 g/mol. The Morgan fingerprint density at radius 1 is 1.18 bits per heavy atom. The van der Waals surface area contributed by atoms with E-state index in [4.69, 9.17) is 14.5 Å². The van der Waals surface area contributed by atoms with E-state index in [1.165, 1.54) is 0 Å². The average Bonchev–Trinajstić information content (AvgIpc) is 3.11. The summed E-state index contributed by atoms with van der Waals surface area (Å²) in [5, 5.41) is 9.99. The van der Waals surface area contributed by atoms with Crippen molar-refractivity contribution in [2.24, 2.45) is 4.99 Å². The normalized spacial score (nSPS) is 11.0. The van der Waals surface area contributed by atoms with E-state index in [0.29, 0.717) is 6.54 Å². The number of benzene rings is 1. The van der Waals surface area contributed by atoms with Gasteiger partial charge in [0.25, 0.3) is 0 Å². The molecule has 1 aromatic heterocycles. The summed E-state index contributed by atoms with van der Waals surface area (Å²) in [7, 11) is 1.67. The number of halogens is 1. The highest BCUT2D eigenvalue weighted by atomic mass is 127. The second kappa shape index (κ2) is 14.6. The van der Waals surface area contributed by atoms with E-state index in [1.54, 1.807) is 18.4 Å². The predicted octanol–water partition coefficient (Wildman–Crippen LogP) is 3.78. The van der Waals surface area contributed by atoms with Crippen LogP contribution < -0.4 is 15.4 Å². The predicted molar refractivity (Wildman–Crippen MR) is 127 cm³/mol. The number of ether oxygens (including phenoxy) is 2. The second-order valence-electron chi connectivity index (χ2n) is 6.02. The minimum atomic E-state index is 0. The van der Waals surface area contributed by atoms with Crippen LogP contribution in [0.25, 0.3) is 0 Å². The lowest BCUT2D eigenvalue weighted by molar-refractivity contribution is 0.145. The fourth-order valence-corrected chi connectivity index (χ4v) is 3.08. The second-order valence-corrected chi connectivity index (χ2v) is 7.09. The molecular weight excluding hydrogens is 487 g/mol. The number of hydrogen-bond donors (Lipinski definition) is 2. The van der Waals surface area contributed by atoms with Crippen molar-refractivity contribution in [3.05, 3.63) is 45.9 Å². The highest BCUT2D eigenvalue weighted by Crippen LogP contribution is 2.12. The molecule has 0 aliphatic carbocycles. The smallest absolute Gasteiger partial charge is 0.191 e. The first-order valence-corrected chi connectivity index (χ1v) is 10.2. The molecule has 1 aromatic carbocycles. The molecule has 0 spiro atoms. The van der Waals surface area contributed by atoms with Gasteiger partial charge in [-0.3, -0.25) is 0 Å². The Morgan fingerprint density at radius 2 is 1.93 bits per heavy atom. The molecule has 0 aliphatic heterocycles. The summed E-state index contributed by atoms with van der Waals surface area (Å²) in [5.41, 5.74) is 2.26. The number of nitrogens with one attached hydrogen (secondary N) is 2. The first kappa shape index (κ1) is 24.6. The van der Waals surface area contributed by atoms with Crippen LogP contribution >= 0.6 is 35.3 Å². The molecular formula is C20H31IN4O2S. The van der Waals surface area contributed by atoms with Crippen LogP contribution in [0.3, 0.4) is 0 Å². The van der Waals surface area contributed by atoms with Gasteiger partial charge in [-0.25, -0.2) is 9.98 Å². The number of aromatic nitrogens is 1. The van der Waals surface area contributed by atoms with Crippen LogP contribution in [0.2, 0.25) is 0 Å². The monoisotopic (exact) mass is 518 g/mol. The molecule has 8 heteroatoms. The lowest BCUT2D eigenvalue weighted by Crippen LogP contribution is -2.39. The van der Waals surface area contributed by atoms with Gasteiger partial charge in [0.05, 0.1) is 24.4 Å². The molecule has 0 radical (unpaired) electrons. The van der Waals surface area contributed by atoms with Gasteiger partial charge >= 0.3 is 0 Å². The molecule has 0 unspecified atom stereocenters. The van der Waals surface area contributed by atoms with Gasteiger partial charge in [-0.2, -0.15) is 0 Å². The maximum Gasteiger partial charge on any atom is 0.191 e. The van der Waals surface area contributed by atoms with Gasteiger partial charge < -0.3 is 20.1 Å². The fraction of sp³-hybridized carbons (Fsp3) is 0.500. The van der Waals surface area contributed by atoms with Gasteiger partial charge in [0.15, 0.2) is 5.96 Å². The Bertz CT molecular complexity index is 692. The van der Waals surface area contributed by atoms with Gasteiger partial charge in [-0.05, 0) is 38.0 Å². The molecule has 0 aliphatic rings. The molecule has 0 atom stereocenters. The highest BCUT2D eigenvalue weighted by molar-refractivity contribution is 14.0. The minimum absolute atomic E-state index is 0. The summed E-state index contributed by atoms with van der Waals surface area (Å²) in [6.07, 6.45) is 1.83. The zero-order chi connectivity index (χ0) is 19.3. The van der Waals surface area contributed by atoms with E-state index >= 15 is 0 Å². The number of aryl methyl sites for hydroxylation is 1. The first-order valence-electron chi connectivity index (χ1n) is 9.35. The zero-order valence-electron chi connectivity index (χ0n) is 16.9. The number of thiazole rings is 1. The van der Waals surface area contributed by atoms with Crippen LogP contribution in [-0.2, 0) is 17.7 Å². The summed E-state index contributed by atoms with van der Waals surface area (Å²) in [6.45, 7) is 7.78. The number of aliphatic imine (C=N–C) groups is 1. The Labute approximate surface area is 189 Å². The lowest BCUT2D eigenvalue weighted by Gasteiger charge is -2.12. The molecule has 1 heterocycles. The lowest BCUT2D eigenvalue weighted by atomic mass is 10.2. The molecule has 6 nitrogen and oxygen atoms in total. The van der Waals surface area contributed by atoms with Gasteiger partial charge in [-0.15, -0.1) is 35.3 Å². The minimum Gasteiger partial charge on any atom is -0.497 e. The molecule has 0 saturated heterocycles. The van der Waals surface area contributed by atoms with E-state index < -0.39 is 0 Å². The van der Waals surface area contributed by atoms with Crippen molar-refractivity contribution in [1.29, 1.82) is 0 Å². The van der Waals surface area contributed by atoms with Crippen molar-refractivity contribution in [1.82, 2.24) is 15.6 Å². The number of guanidine groups is 1. The summed E-state index contributed by atoms with van der Waals surface area (Å²) in [5.74, 6) is 1.67.